The molecule has 0 aliphatic carbocycles. The van der Waals surface area contributed by atoms with Gasteiger partial charge in [0.2, 0.25) is 0 Å². The maximum absolute atomic E-state index is 12.9. The van der Waals surface area contributed by atoms with E-state index in [1.165, 1.54) is 23.3 Å². The number of imidazole rings is 1. The number of hydrogen-bond donors (Lipinski definition) is 3. The molecule has 0 radical (unpaired) electrons. The molecule has 182 valence electrons. The van der Waals surface area contributed by atoms with E-state index in [4.69, 9.17) is 4.74 Å². The number of pyridine rings is 1. The standard InChI is InChI=1S/C21H23F3N6O4/c22-21(23,24)12-3-4-14(25-6-12)29-5-1-2-11(7-29)15-16-19(27-9-26-15)30(10-28-16)20-18(33)17(32)13(8-31)34-20/h3-4,6,9-11,13,17-18,20,31-33H,1-2,5,7-8H2/t11?,13-,17+,18+,20?/m1/s1. The van der Waals surface area contributed by atoms with E-state index < -0.39 is 42.9 Å². The second-order valence-corrected chi connectivity index (χ2v) is 8.50. The van der Waals surface area contributed by atoms with Gasteiger partial charge in [-0.3, -0.25) is 4.57 Å². The first kappa shape index (κ1) is 22.9. The zero-order valence-electron chi connectivity index (χ0n) is 17.9. The number of aliphatic hydroxyl groups excluding tert-OH is 3. The summed E-state index contributed by atoms with van der Waals surface area (Å²) >= 11 is 0. The van der Waals surface area contributed by atoms with Gasteiger partial charge in [0.25, 0.3) is 0 Å². The van der Waals surface area contributed by atoms with Crippen molar-refractivity contribution in [3.63, 3.8) is 0 Å². The highest BCUT2D eigenvalue weighted by Gasteiger charge is 2.44. The lowest BCUT2D eigenvalue weighted by Gasteiger charge is -2.33. The van der Waals surface area contributed by atoms with Gasteiger partial charge in [-0.2, -0.15) is 13.2 Å². The molecule has 10 nitrogen and oxygen atoms in total. The highest BCUT2D eigenvalue weighted by atomic mass is 19.4. The van der Waals surface area contributed by atoms with Crippen LogP contribution in [-0.2, 0) is 10.9 Å². The van der Waals surface area contributed by atoms with Crippen LogP contribution in [0.1, 0.15) is 36.2 Å². The molecule has 5 atom stereocenters. The Balaban J connectivity index is 1.40. The Morgan fingerprint density at radius 2 is 1.91 bits per heavy atom. The van der Waals surface area contributed by atoms with Crippen LogP contribution in [0, 0.1) is 0 Å². The third kappa shape index (κ3) is 3.98. The molecule has 3 aromatic heterocycles. The number of fused-ring (bicyclic) bond motifs is 1. The fraction of sp³-hybridized carbons (Fsp3) is 0.524. The Morgan fingerprint density at radius 3 is 2.59 bits per heavy atom. The van der Waals surface area contributed by atoms with Crippen molar-refractivity contribution in [3.8, 4) is 0 Å². The number of alkyl halides is 3. The third-order valence-corrected chi connectivity index (χ3v) is 6.39. The van der Waals surface area contributed by atoms with Crippen LogP contribution in [0.2, 0.25) is 0 Å². The van der Waals surface area contributed by atoms with E-state index >= 15 is 0 Å². The number of aliphatic hydroxyl groups is 3. The van der Waals surface area contributed by atoms with Gasteiger partial charge in [0.1, 0.15) is 36.0 Å². The first-order valence-electron chi connectivity index (χ1n) is 10.9. The summed E-state index contributed by atoms with van der Waals surface area (Å²) in [6, 6.07) is 2.40. The first-order chi connectivity index (χ1) is 16.3. The van der Waals surface area contributed by atoms with E-state index in [0.29, 0.717) is 35.8 Å². The molecule has 0 bridgehead atoms. The number of rotatable bonds is 4. The molecule has 13 heteroatoms. The lowest BCUT2D eigenvalue weighted by molar-refractivity contribution is -0.137. The molecule has 2 fully saturated rings. The van der Waals surface area contributed by atoms with E-state index in [0.717, 1.165) is 25.1 Å². The molecule has 2 aliphatic heterocycles. The molecular weight excluding hydrogens is 457 g/mol. The zero-order valence-corrected chi connectivity index (χ0v) is 17.9. The molecule has 2 aliphatic rings. The zero-order chi connectivity index (χ0) is 24.0. The van der Waals surface area contributed by atoms with Crippen LogP contribution in [0.5, 0.6) is 0 Å². The van der Waals surface area contributed by atoms with Gasteiger partial charge in [-0.05, 0) is 25.0 Å². The predicted molar refractivity (Wildman–Crippen MR) is 112 cm³/mol. The number of halogens is 3. The van der Waals surface area contributed by atoms with Gasteiger partial charge in [0.15, 0.2) is 11.9 Å². The Kier molecular flexibility index (Phi) is 5.88. The van der Waals surface area contributed by atoms with Crippen LogP contribution < -0.4 is 4.90 Å². The Morgan fingerprint density at radius 1 is 1.09 bits per heavy atom. The summed E-state index contributed by atoms with van der Waals surface area (Å²) in [5, 5.41) is 29.8. The molecule has 3 aromatic rings. The second kappa shape index (κ2) is 8.73. The molecule has 3 N–H and O–H groups in total. The van der Waals surface area contributed by atoms with Gasteiger partial charge in [-0.25, -0.2) is 19.9 Å². The van der Waals surface area contributed by atoms with E-state index in [1.807, 2.05) is 4.90 Å². The van der Waals surface area contributed by atoms with E-state index in [2.05, 4.69) is 19.9 Å². The van der Waals surface area contributed by atoms with Crippen molar-refractivity contribution in [1.82, 2.24) is 24.5 Å². The van der Waals surface area contributed by atoms with Crippen molar-refractivity contribution in [2.45, 2.75) is 49.5 Å². The summed E-state index contributed by atoms with van der Waals surface area (Å²) in [6.45, 7) is 0.697. The molecule has 34 heavy (non-hydrogen) atoms. The molecule has 2 unspecified atom stereocenters. The van der Waals surface area contributed by atoms with Gasteiger partial charge in [0, 0.05) is 25.2 Å². The summed E-state index contributed by atoms with van der Waals surface area (Å²) < 4.78 is 45.7. The first-order valence-corrected chi connectivity index (χ1v) is 10.9. The summed E-state index contributed by atoms with van der Waals surface area (Å²) in [5.41, 5.74) is 0.793. The van der Waals surface area contributed by atoms with Crippen LogP contribution in [0.25, 0.3) is 11.2 Å². The number of nitrogens with zero attached hydrogens (tertiary/aromatic N) is 6. The number of ether oxygens (including phenoxy) is 1. The average Bonchev–Trinajstić information content (AvgIpc) is 3.39. The lowest BCUT2D eigenvalue weighted by atomic mass is 9.94. The monoisotopic (exact) mass is 480 g/mol. The molecule has 0 saturated carbocycles. The molecule has 0 amide bonds. The van der Waals surface area contributed by atoms with Crippen molar-refractivity contribution in [2.75, 3.05) is 24.6 Å². The minimum atomic E-state index is -4.44. The summed E-state index contributed by atoms with van der Waals surface area (Å²) in [4.78, 5) is 19.1. The summed E-state index contributed by atoms with van der Waals surface area (Å²) in [7, 11) is 0. The van der Waals surface area contributed by atoms with Crippen molar-refractivity contribution in [2.24, 2.45) is 0 Å². The largest absolute Gasteiger partial charge is 0.417 e. The Labute approximate surface area is 191 Å². The molecule has 0 aromatic carbocycles. The number of piperidine rings is 1. The van der Waals surface area contributed by atoms with Crippen molar-refractivity contribution in [3.05, 3.63) is 42.2 Å². The Bertz CT molecular complexity index is 1160. The lowest BCUT2D eigenvalue weighted by Crippen LogP contribution is -2.35. The van der Waals surface area contributed by atoms with E-state index in [1.54, 1.807) is 0 Å². The summed E-state index contributed by atoms with van der Waals surface area (Å²) in [6.07, 6.45) is -3.62. The topological polar surface area (TPSA) is 130 Å². The highest BCUT2D eigenvalue weighted by Crippen LogP contribution is 2.35. The quantitative estimate of drug-likeness (QED) is 0.505. The average molecular weight is 480 g/mol. The fourth-order valence-corrected chi connectivity index (χ4v) is 4.61. The van der Waals surface area contributed by atoms with Crippen molar-refractivity contribution >= 4 is 17.0 Å². The predicted octanol–water partition coefficient (Wildman–Crippen LogP) is 1.24. The molecular formula is C21H23F3N6O4. The number of hydrogen-bond acceptors (Lipinski definition) is 9. The van der Waals surface area contributed by atoms with Crippen LogP contribution in [-0.4, -0.2) is 77.8 Å². The maximum Gasteiger partial charge on any atom is 0.417 e. The molecule has 0 spiro atoms. The van der Waals surface area contributed by atoms with E-state index in [9.17, 15) is 28.5 Å². The minimum absolute atomic E-state index is 0.0723. The van der Waals surface area contributed by atoms with Gasteiger partial charge in [-0.1, -0.05) is 0 Å². The van der Waals surface area contributed by atoms with Crippen LogP contribution >= 0.6 is 0 Å². The summed E-state index contributed by atoms with van der Waals surface area (Å²) in [5.74, 6) is 0.386. The number of aromatic nitrogens is 5. The van der Waals surface area contributed by atoms with Crippen molar-refractivity contribution < 1.29 is 33.2 Å². The third-order valence-electron chi connectivity index (χ3n) is 6.39. The van der Waals surface area contributed by atoms with Crippen LogP contribution in [0.15, 0.2) is 31.0 Å². The SMILES string of the molecule is OC[C@H]1OC(n2cnc3c(C4CCCN(c5ccc(C(F)(F)F)cn5)C4)ncnc32)[C@@H](O)[C@H]1O. The maximum atomic E-state index is 12.9. The van der Waals surface area contributed by atoms with Gasteiger partial charge < -0.3 is 25.0 Å². The van der Waals surface area contributed by atoms with Crippen LogP contribution in [0.3, 0.4) is 0 Å². The van der Waals surface area contributed by atoms with Gasteiger partial charge >= 0.3 is 6.18 Å². The number of anilines is 1. The molecule has 5 heterocycles. The minimum Gasteiger partial charge on any atom is -0.394 e. The van der Waals surface area contributed by atoms with E-state index in [-0.39, 0.29) is 5.92 Å². The van der Waals surface area contributed by atoms with Gasteiger partial charge in [0.05, 0.1) is 24.2 Å². The molecule has 2 saturated heterocycles. The normalized spacial score (nSPS) is 28.1. The fourth-order valence-electron chi connectivity index (χ4n) is 4.61. The second-order valence-electron chi connectivity index (χ2n) is 8.50. The Hall–Kier alpha value is -2.87. The smallest absolute Gasteiger partial charge is 0.394 e. The van der Waals surface area contributed by atoms with Crippen LogP contribution in [0.4, 0.5) is 19.0 Å². The van der Waals surface area contributed by atoms with Crippen molar-refractivity contribution in [1.29, 1.82) is 0 Å². The van der Waals surface area contributed by atoms with Gasteiger partial charge in [-0.15, -0.1) is 0 Å². The molecule has 5 rings (SSSR count). The highest BCUT2D eigenvalue weighted by molar-refractivity contribution is 5.74.